The lowest BCUT2D eigenvalue weighted by molar-refractivity contribution is 0.614. The van der Waals surface area contributed by atoms with E-state index >= 15 is 0 Å². The van der Waals surface area contributed by atoms with Crippen molar-refractivity contribution < 1.29 is 0 Å². The van der Waals surface area contributed by atoms with Gasteiger partial charge in [-0.25, -0.2) is 0 Å². The van der Waals surface area contributed by atoms with Gasteiger partial charge in [0.25, 0.3) is 0 Å². The minimum atomic E-state index is 0.736. The van der Waals surface area contributed by atoms with Crippen molar-refractivity contribution in [3.8, 4) is 0 Å². The van der Waals surface area contributed by atoms with E-state index in [0.717, 1.165) is 18.0 Å². The number of fused-ring (bicyclic) bond motifs is 1. The summed E-state index contributed by atoms with van der Waals surface area (Å²) in [5.74, 6) is 0.736. The first-order valence-corrected chi connectivity index (χ1v) is 5.25. The van der Waals surface area contributed by atoms with Crippen molar-refractivity contribution in [3.63, 3.8) is 0 Å². The van der Waals surface area contributed by atoms with Crippen LogP contribution in [-0.4, -0.2) is 15.0 Å². The number of hydrogen-bond acceptors (Lipinski definition) is 2. The quantitative estimate of drug-likeness (QED) is 0.717. The molecular weight excluding hydrogens is 174 g/mol. The third-order valence-corrected chi connectivity index (χ3v) is 2.67. The standard InChI is InChI=1S/C11H17N3/c1-8(2)6-9-4-5-11-10(7-9)12-13-14(11)3/h7-8H,4-6H2,1-3H3. The summed E-state index contributed by atoms with van der Waals surface area (Å²) in [5, 5.41) is 8.18. The molecule has 76 valence electrons. The maximum Gasteiger partial charge on any atom is 0.108 e. The first kappa shape index (κ1) is 9.44. The van der Waals surface area contributed by atoms with Crippen molar-refractivity contribution in [3.05, 3.63) is 17.0 Å². The van der Waals surface area contributed by atoms with Crippen molar-refractivity contribution >= 4 is 6.08 Å². The van der Waals surface area contributed by atoms with Crippen LogP contribution in [0.4, 0.5) is 0 Å². The molecule has 0 radical (unpaired) electrons. The first-order chi connectivity index (χ1) is 6.66. The van der Waals surface area contributed by atoms with E-state index in [0.29, 0.717) is 0 Å². The molecule has 0 bridgehead atoms. The van der Waals surface area contributed by atoms with Gasteiger partial charge >= 0.3 is 0 Å². The Bertz CT molecular complexity index is 361. The van der Waals surface area contributed by atoms with Gasteiger partial charge < -0.3 is 0 Å². The SMILES string of the molecule is CC(C)CC1=Cc2nnn(C)c2CC1. The fourth-order valence-corrected chi connectivity index (χ4v) is 2.02. The van der Waals surface area contributed by atoms with Crippen LogP contribution in [0.3, 0.4) is 0 Å². The largest absolute Gasteiger partial charge is 0.252 e. The fourth-order valence-electron chi connectivity index (χ4n) is 2.02. The summed E-state index contributed by atoms with van der Waals surface area (Å²) < 4.78 is 1.89. The Morgan fingerprint density at radius 1 is 1.43 bits per heavy atom. The molecular formula is C11H17N3. The Hall–Kier alpha value is -1.12. The van der Waals surface area contributed by atoms with E-state index in [1.807, 2.05) is 11.7 Å². The Balaban J connectivity index is 2.23. The highest BCUT2D eigenvalue weighted by Gasteiger charge is 2.15. The van der Waals surface area contributed by atoms with Gasteiger partial charge in [0.05, 0.1) is 5.69 Å². The molecule has 0 aliphatic heterocycles. The molecule has 1 aromatic rings. The predicted molar refractivity (Wildman–Crippen MR) is 56.8 cm³/mol. The zero-order valence-corrected chi connectivity index (χ0v) is 9.12. The molecule has 1 aliphatic rings. The Morgan fingerprint density at radius 3 is 2.93 bits per heavy atom. The van der Waals surface area contributed by atoms with Crippen LogP contribution in [0.2, 0.25) is 0 Å². The summed E-state index contributed by atoms with van der Waals surface area (Å²) >= 11 is 0. The second-order valence-electron chi connectivity index (χ2n) is 4.45. The van der Waals surface area contributed by atoms with Gasteiger partial charge in [-0.1, -0.05) is 24.6 Å². The van der Waals surface area contributed by atoms with E-state index in [4.69, 9.17) is 0 Å². The number of hydrogen-bond donors (Lipinski definition) is 0. The maximum absolute atomic E-state index is 4.15. The average molecular weight is 191 g/mol. The van der Waals surface area contributed by atoms with Gasteiger partial charge in [0.15, 0.2) is 0 Å². The average Bonchev–Trinajstić information content (AvgIpc) is 2.46. The van der Waals surface area contributed by atoms with Gasteiger partial charge in [0.2, 0.25) is 0 Å². The van der Waals surface area contributed by atoms with Gasteiger partial charge in [-0.05, 0) is 31.3 Å². The summed E-state index contributed by atoms with van der Waals surface area (Å²) in [6.07, 6.45) is 5.67. The van der Waals surface area contributed by atoms with Crippen LogP contribution >= 0.6 is 0 Å². The highest BCUT2D eigenvalue weighted by molar-refractivity contribution is 5.53. The van der Waals surface area contributed by atoms with Crippen LogP contribution in [0.1, 0.15) is 38.1 Å². The van der Waals surface area contributed by atoms with E-state index in [2.05, 4.69) is 30.2 Å². The molecule has 1 aromatic heterocycles. The monoisotopic (exact) mass is 191 g/mol. The second-order valence-corrected chi connectivity index (χ2v) is 4.45. The highest BCUT2D eigenvalue weighted by atomic mass is 15.4. The lowest BCUT2D eigenvalue weighted by Gasteiger charge is -2.14. The molecule has 1 aliphatic carbocycles. The molecule has 0 saturated heterocycles. The molecule has 0 spiro atoms. The third-order valence-electron chi connectivity index (χ3n) is 2.67. The molecule has 0 N–H and O–H groups in total. The zero-order valence-electron chi connectivity index (χ0n) is 9.12. The van der Waals surface area contributed by atoms with Crippen LogP contribution in [0.25, 0.3) is 6.08 Å². The van der Waals surface area contributed by atoms with Crippen LogP contribution in [0.15, 0.2) is 5.57 Å². The van der Waals surface area contributed by atoms with Gasteiger partial charge in [0.1, 0.15) is 5.69 Å². The summed E-state index contributed by atoms with van der Waals surface area (Å²) in [4.78, 5) is 0. The molecule has 0 aromatic carbocycles. The topological polar surface area (TPSA) is 30.7 Å². The summed E-state index contributed by atoms with van der Waals surface area (Å²) in [7, 11) is 1.97. The van der Waals surface area contributed by atoms with E-state index in [9.17, 15) is 0 Å². The molecule has 0 saturated carbocycles. The number of nitrogens with zero attached hydrogens (tertiary/aromatic N) is 3. The van der Waals surface area contributed by atoms with Crippen molar-refractivity contribution in [2.45, 2.75) is 33.1 Å². The van der Waals surface area contributed by atoms with E-state index in [1.165, 1.54) is 24.1 Å². The zero-order chi connectivity index (χ0) is 10.1. The lowest BCUT2D eigenvalue weighted by Crippen LogP contribution is -2.05. The van der Waals surface area contributed by atoms with Crippen molar-refractivity contribution in [1.82, 2.24) is 15.0 Å². The molecule has 3 nitrogen and oxygen atoms in total. The summed E-state index contributed by atoms with van der Waals surface area (Å²) in [6.45, 7) is 4.51. The highest BCUT2D eigenvalue weighted by Crippen LogP contribution is 2.25. The lowest BCUT2D eigenvalue weighted by atomic mass is 9.93. The number of aromatic nitrogens is 3. The Morgan fingerprint density at radius 2 is 2.21 bits per heavy atom. The minimum absolute atomic E-state index is 0.736. The fraction of sp³-hybridized carbons (Fsp3) is 0.636. The number of aryl methyl sites for hydroxylation is 1. The molecule has 0 unspecified atom stereocenters. The van der Waals surface area contributed by atoms with E-state index in [-0.39, 0.29) is 0 Å². The minimum Gasteiger partial charge on any atom is -0.252 e. The van der Waals surface area contributed by atoms with Gasteiger partial charge in [-0.2, -0.15) is 0 Å². The van der Waals surface area contributed by atoms with E-state index in [1.54, 1.807) is 0 Å². The van der Waals surface area contributed by atoms with Crippen molar-refractivity contribution in [2.75, 3.05) is 0 Å². The molecule has 0 amide bonds. The first-order valence-electron chi connectivity index (χ1n) is 5.25. The van der Waals surface area contributed by atoms with E-state index < -0.39 is 0 Å². The number of allylic oxidation sites excluding steroid dienone is 1. The van der Waals surface area contributed by atoms with Crippen LogP contribution < -0.4 is 0 Å². The smallest absolute Gasteiger partial charge is 0.108 e. The van der Waals surface area contributed by atoms with Crippen LogP contribution in [0, 0.1) is 5.92 Å². The predicted octanol–water partition coefficient (Wildman–Crippen LogP) is 2.19. The van der Waals surface area contributed by atoms with Gasteiger partial charge in [-0.3, -0.25) is 4.68 Å². The molecule has 14 heavy (non-hydrogen) atoms. The van der Waals surface area contributed by atoms with Crippen molar-refractivity contribution in [2.24, 2.45) is 13.0 Å². The number of rotatable bonds is 2. The summed E-state index contributed by atoms with van der Waals surface area (Å²) in [6, 6.07) is 0. The van der Waals surface area contributed by atoms with Crippen LogP contribution in [-0.2, 0) is 13.5 Å². The molecule has 2 rings (SSSR count). The molecule has 3 heteroatoms. The van der Waals surface area contributed by atoms with Crippen molar-refractivity contribution in [1.29, 1.82) is 0 Å². The molecule has 0 fully saturated rings. The third kappa shape index (κ3) is 1.72. The maximum atomic E-state index is 4.15. The normalized spacial score (nSPS) is 15.6. The Labute approximate surface area is 84.8 Å². The molecule has 0 atom stereocenters. The van der Waals surface area contributed by atoms with Gasteiger partial charge in [0, 0.05) is 7.05 Å². The Kier molecular flexibility index (Phi) is 2.40. The molecule has 1 heterocycles. The van der Waals surface area contributed by atoms with Gasteiger partial charge in [-0.15, -0.1) is 5.10 Å². The summed E-state index contributed by atoms with van der Waals surface area (Å²) in [5.41, 5.74) is 3.87. The second kappa shape index (κ2) is 3.56. The van der Waals surface area contributed by atoms with Crippen LogP contribution in [0.5, 0.6) is 0 Å².